The number of rotatable bonds is 7. The lowest BCUT2D eigenvalue weighted by Gasteiger charge is -2.15. The summed E-state index contributed by atoms with van der Waals surface area (Å²) in [6.45, 7) is 6.10. The van der Waals surface area contributed by atoms with Gasteiger partial charge in [-0.25, -0.2) is 0 Å². The van der Waals surface area contributed by atoms with Crippen LogP contribution in [0.15, 0.2) is 0 Å². The first-order valence-electron chi connectivity index (χ1n) is 8.88. The Morgan fingerprint density at radius 3 is 1.45 bits per heavy atom. The SMILES string of the molecule is CCCCCCN.CCCCCN.NC1CCCCC1. The van der Waals surface area contributed by atoms with Crippen molar-refractivity contribution in [1.82, 2.24) is 0 Å². The Hall–Kier alpha value is -0.120. The first kappa shape index (κ1) is 22.2. The molecule has 0 atom stereocenters. The van der Waals surface area contributed by atoms with Crippen molar-refractivity contribution in [3.63, 3.8) is 0 Å². The van der Waals surface area contributed by atoms with Crippen molar-refractivity contribution < 1.29 is 0 Å². The quantitative estimate of drug-likeness (QED) is 0.621. The Balaban J connectivity index is 0. The van der Waals surface area contributed by atoms with Gasteiger partial charge in [0.1, 0.15) is 0 Å². The van der Waals surface area contributed by atoms with Crippen molar-refractivity contribution in [2.75, 3.05) is 13.1 Å². The van der Waals surface area contributed by atoms with Gasteiger partial charge in [-0.15, -0.1) is 0 Å². The molecule has 1 aliphatic rings. The summed E-state index contributed by atoms with van der Waals surface area (Å²) in [4.78, 5) is 0. The monoisotopic (exact) mass is 287 g/mol. The summed E-state index contributed by atoms with van der Waals surface area (Å²) in [5, 5.41) is 0. The van der Waals surface area contributed by atoms with E-state index < -0.39 is 0 Å². The highest BCUT2D eigenvalue weighted by Crippen LogP contribution is 2.14. The summed E-state index contributed by atoms with van der Waals surface area (Å²) in [5.74, 6) is 0. The van der Waals surface area contributed by atoms with E-state index in [2.05, 4.69) is 13.8 Å². The number of nitrogens with two attached hydrogens (primary N) is 3. The fourth-order valence-corrected chi connectivity index (χ4v) is 2.10. The predicted octanol–water partition coefficient (Wildman–Crippen LogP) is 3.94. The lowest BCUT2D eigenvalue weighted by Crippen LogP contribution is -2.22. The molecule has 20 heavy (non-hydrogen) atoms. The lowest BCUT2D eigenvalue weighted by atomic mass is 9.97. The molecule has 0 amide bonds. The Bertz CT molecular complexity index is 137. The van der Waals surface area contributed by atoms with Crippen LogP contribution in [0, 0.1) is 0 Å². The molecule has 0 radical (unpaired) electrons. The first-order valence-corrected chi connectivity index (χ1v) is 8.88. The first-order chi connectivity index (χ1) is 9.72. The topological polar surface area (TPSA) is 78.1 Å². The largest absolute Gasteiger partial charge is 0.330 e. The molecule has 0 aromatic rings. The Kier molecular flexibility index (Phi) is 23.5. The minimum Gasteiger partial charge on any atom is -0.330 e. The minimum absolute atomic E-state index is 0.536. The van der Waals surface area contributed by atoms with E-state index in [4.69, 9.17) is 17.2 Å². The molecule has 6 N–H and O–H groups in total. The van der Waals surface area contributed by atoms with Crippen LogP contribution in [0.5, 0.6) is 0 Å². The van der Waals surface area contributed by atoms with Gasteiger partial charge in [-0.2, -0.15) is 0 Å². The van der Waals surface area contributed by atoms with E-state index in [0.717, 1.165) is 13.1 Å². The molecule has 0 spiro atoms. The molecule has 1 aliphatic carbocycles. The molecular weight excluding hydrogens is 246 g/mol. The third-order valence-corrected chi connectivity index (χ3v) is 3.52. The van der Waals surface area contributed by atoms with Gasteiger partial charge in [0.25, 0.3) is 0 Å². The van der Waals surface area contributed by atoms with Gasteiger partial charge in [0.2, 0.25) is 0 Å². The highest BCUT2D eigenvalue weighted by atomic mass is 14.6. The zero-order valence-electron chi connectivity index (χ0n) is 14.2. The Labute approximate surface area is 128 Å². The molecule has 0 unspecified atom stereocenters. The molecule has 1 fully saturated rings. The van der Waals surface area contributed by atoms with Gasteiger partial charge in [-0.3, -0.25) is 0 Å². The normalized spacial score (nSPS) is 14.8. The van der Waals surface area contributed by atoms with Gasteiger partial charge in [-0.1, -0.05) is 65.2 Å². The van der Waals surface area contributed by atoms with E-state index in [1.165, 1.54) is 77.0 Å². The predicted molar refractivity (Wildman–Crippen MR) is 92.8 cm³/mol. The average molecular weight is 288 g/mol. The molecule has 0 aromatic carbocycles. The molecular formula is C17H41N3. The third kappa shape index (κ3) is 23.0. The van der Waals surface area contributed by atoms with Crippen LogP contribution in [-0.2, 0) is 0 Å². The van der Waals surface area contributed by atoms with Gasteiger partial charge in [0.15, 0.2) is 0 Å². The van der Waals surface area contributed by atoms with Gasteiger partial charge in [0, 0.05) is 6.04 Å². The van der Waals surface area contributed by atoms with Crippen molar-refractivity contribution in [3.8, 4) is 0 Å². The van der Waals surface area contributed by atoms with Crippen molar-refractivity contribution in [2.45, 2.75) is 96.9 Å². The summed E-state index contributed by atoms with van der Waals surface area (Å²) in [5.41, 5.74) is 16.1. The van der Waals surface area contributed by atoms with E-state index in [-0.39, 0.29) is 0 Å². The molecule has 1 rings (SSSR count). The van der Waals surface area contributed by atoms with E-state index >= 15 is 0 Å². The van der Waals surface area contributed by atoms with Crippen molar-refractivity contribution in [2.24, 2.45) is 17.2 Å². The fraction of sp³-hybridized carbons (Fsp3) is 1.00. The van der Waals surface area contributed by atoms with Crippen molar-refractivity contribution in [3.05, 3.63) is 0 Å². The van der Waals surface area contributed by atoms with Crippen molar-refractivity contribution >= 4 is 0 Å². The summed E-state index contributed by atoms with van der Waals surface area (Å²) < 4.78 is 0. The maximum absolute atomic E-state index is 5.63. The highest BCUT2D eigenvalue weighted by molar-refractivity contribution is 4.66. The van der Waals surface area contributed by atoms with Crippen LogP contribution in [0.3, 0.4) is 0 Å². The lowest BCUT2D eigenvalue weighted by molar-refractivity contribution is 0.441. The smallest absolute Gasteiger partial charge is 0.00388 e. The molecule has 1 saturated carbocycles. The van der Waals surface area contributed by atoms with E-state index in [0.29, 0.717) is 6.04 Å². The average Bonchev–Trinajstić information content (AvgIpc) is 2.48. The zero-order chi connectivity index (χ0) is 15.5. The molecule has 0 aliphatic heterocycles. The Morgan fingerprint density at radius 2 is 1.15 bits per heavy atom. The fourth-order valence-electron chi connectivity index (χ4n) is 2.10. The van der Waals surface area contributed by atoms with Crippen LogP contribution in [0.4, 0.5) is 0 Å². The van der Waals surface area contributed by atoms with Crippen LogP contribution in [0.25, 0.3) is 0 Å². The maximum atomic E-state index is 5.63. The van der Waals surface area contributed by atoms with Gasteiger partial charge < -0.3 is 17.2 Å². The van der Waals surface area contributed by atoms with Crippen LogP contribution < -0.4 is 17.2 Å². The molecule has 3 heteroatoms. The molecule has 124 valence electrons. The van der Waals surface area contributed by atoms with E-state index in [1.54, 1.807) is 0 Å². The third-order valence-electron chi connectivity index (χ3n) is 3.52. The van der Waals surface area contributed by atoms with Crippen molar-refractivity contribution in [1.29, 1.82) is 0 Å². The maximum Gasteiger partial charge on any atom is 0.00388 e. The summed E-state index contributed by atoms with van der Waals surface area (Å²) in [6.07, 6.45) is 15.6. The van der Waals surface area contributed by atoms with Gasteiger partial charge >= 0.3 is 0 Å². The van der Waals surface area contributed by atoms with Gasteiger partial charge in [0.05, 0.1) is 0 Å². The summed E-state index contributed by atoms with van der Waals surface area (Å²) in [6, 6.07) is 0.536. The molecule has 0 aromatic heterocycles. The zero-order valence-corrected chi connectivity index (χ0v) is 14.2. The van der Waals surface area contributed by atoms with Crippen LogP contribution in [0.2, 0.25) is 0 Å². The molecule has 0 bridgehead atoms. The second kappa shape index (κ2) is 21.2. The minimum atomic E-state index is 0.536. The molecule has 0 saturated heterocycles. The van der Waals surface area contributed by atoms with Gasteiger partial charge in [-0.05, 0) is 38.8 Å². The summed E-state index contributed by atoms with van der Waals surface area (Å²) >= 11 is 0. The van der Waals surface area contributed by atoms with Crippen LogP contribution in [0.1, 0.15) is 90.9 Å². The molecule has 0 heterocycles. The van der Waals surface area contributed by atoms with Crippen LogP contribution in [-0.4, -0.2) is 19.1 Å². The van der Waals surface area contributed by atoms with E-state index in [1.807, 2.05) is 0 Å². The van der Waals surface area contributed by atoms with E-state index in [9.17, 15) is 0 Å². The number of unbranched alkanes of at least 4 members (excludes halogenated alkanes) is 5. The van der Waals surface area contributed by atoms with Crippen LogP contribution >= 0.6 is 0 Å². The Morgan fingerprint density at radius 1 is 0.700 bits per heavy atom. The summed E-state index contributed by atoms with van der Waals surface area (Å²) in [7, 11) is 0. The highest BCUT2D eigenvalue weighted by Gasteiger charge is 2.06. The second-order valence-electron chi connectivity index (χ2n) is 5.74. The number of hydrogen-bond acceptors (Lipinski definition) is 3. The molecule has 3 nitrogen and oxygen atoms in total. The second-order valence-corrected chi connectivity index (χ2v) is 5.74. The standard InChI is InChI=1S/C6H13N.C6H15N.C5H13N/c7-6-4-2-1-3-5-6;1-2-3-4-5-6-7;1-2-3-4-5-6/h6H,1-5,7H2;2-7H2,1H3;2-6H2,1H3. The number of hydrogen-bond donors (Lipinski definition) is 3.